The summed E-state index contributed by atoms with van der Waals surface area (Å²) in [6.45, 7) is 40.3. The number of allylic oxidation sites excluding steroid dienone is 4. The van der Waals surface area contributed by atoms with Crippen LogP contribution in [0.4, 0.5) is 0 Å². The summed E-state index contributed by atoms with van der Waals surface area (Å²) in [5.74, 6) is 1.01. The second kappa shape index (κ2) is 24.2. The SMILES string of the molecule is CCOP(=O)(OCC)C(C)C(CC/C(C)=C/CC/C(C)=C\C[C@]1(C)C(=O)C[C@@H]([C@H](C)COCOCCOC)[C@H]1CCO[Si](C)(C)C(C)(C)C)O[Si](C)(C)C(C)(C)C. The van der Waals surface area contributed by atoms with Crippen LogP contribution in [-0.4, -0.2) is 87.7 Å². The van der Waals surface area contributed by atoms with Gasteiger partial charge in [-0.2, -0.15) is 0 Å². The maximum Gasteiger partial charge on any atom is 0.335 e. The summed E-state index contributed by atoms with van der Waals surface area (Å²) in [4.78, 5) is 14.0. The normalized spacial score (nSPS) is 22.3. The Kier molecular flexibility index (Phi) is 23.2. The fraction of sp³-hybridized carbons (Fsp3) is 0.889. The Balaban J connectivity index is 3.11. The Morgan fingerprint density at radius 2 is 1.46 bits per heavy atom. The average Bonchev–Trinajstić information content (AvgIpc) is 3.34. The smallest absolute Gasteiger partial charge is 0.335 e. The van der Waals surface area contributed by atoms with Gasteiger partial charge in [0.15, 0.2) is 16.6 Å². The van der Waals surface area contributed by atoms with Crippen molar-refractivity contribution in [3.8, 4) is 0 Å². The molecule has 0 spiro atoms. The van der Waals surface area contributed by atoms with Crippen LogP contribution in [0.5, 0.6) is 0 Å². The zero-order valence-corrected chi connectivity index (χ0v) is 43.0. The summed E-state index contributed by atoms with van der Waals surface area (Å²) in [5, 5.41) is 0.153. The summed E-state index contributed by atoms with van der Waals surface area (Å²) in [7, 11) is -5.76. The fourth-order valence-electron chi connectivity index (χ4n) is 7.24. The molecule has 0 saturated heterocycles. The topological polar surface area (TPSA) is 98.8 Å². The third kappa shape index (κ3) is 17.1. The standard InChI is InChI=1S/C45H89O9PSi2/c1-19-51-55(47,52-20-2)38(6)41(54-57(17,18)44(10,11)12)25-24-35(3)22-21-23-36(4)26-28-45(13)40(27-29-53-56(15,16)43(7,8)9)39(32-42(45)46)37(5)33-50-34-49-31-30-48-14/h22,26,37-41H,19-21,23-25,27-34H2,1-18H3/b35-22+,36-26-/t37-,38?,39+,40-,41?,45+/m1/s1. The highest BCUT2D eigenvalue weighted by molar-refractivity contribution is 7.54. The number of hydrogen-bond donors (Lipinski definition) is 0. The van der Waals surface area contributed by atoms with E-state index in [1.807, 2.05) is 20.8 Å². The van der Waals surface area contributed by atoms with E-state index in [2.05, 4.69) is 108 Å². The van der Waals surface area contributed by atoms with Crippen LogP contribution >= 0.6 is 7.60 Å². The van der Waals surface area contributed by atoms with Crippen molar-refractivity contribution in [3.63, 3.8) is 0 Å². The molecule has 1 aliphatic rings. The predicted molar refractivity (Wildman–Crippen MR) is 243 cm³/mol. The first kappa shape index (κ1) is 54.6. The Bertz CT molecular complexity index is 1290. The molecule has 2 unspecified atom stereocenters. The van der Waals surface area contributed by atoms with Gasteiger partial charge in [0, 0.05) is 25.6 Å². The van der Waals surface area contributed by atoms with Crippen molar-refractivity contribution in [2.24, 2.45) is 23.2 Å². The second-order valence-electron chi connectivity index (χ2n) is 20.0. The number of carbonyl (C=O) groups excluding carboxylic acids is 1. The van der Waals surface area contributed by atoms with Crippen LogP contribution < -0.4 is 0 Å². The van der Waals surface area contributed by atoms with Gasteiger partial charge in [-0.15, -0.1) is 0 Å². The molecule has 1 rings (SSSR count). The van der Waals surface area contributed by atoms with Gasteiger partial charge in [-0.25, -0.2) is 0 Å². The average molecular weight is 861 g/mol. The largest absolute Gasteiger partial charge is 0.417 e. The third-order valence-corrected chi connectivity index (χ3v) is 25.0. The number of Topliss-reactive ketones (excluding diaryl/α,β-unsaturated/α-hetero) is 1. The number of methoxy groups -OCH3 is 1. The van der Waals surface area contributed by atoms with Crippen LogP contribution in [0.1, 0.15) is 135 Å². The summed E-state index contributed by atoms with van der Waals surface area (Å²) < 4.78 is 55.6. The van der Waals surface area contributed by atoms with Gasteiger partial charge in [0.05, 0.1) is 44.8 Å². The van der Waals surface area contributed by atoms with Crippen LogP contribution in [0.25, 0.3) is 0 Å². The van der Waals surface area contributed by atoms with E-state index in [0.717, 1.165) is 38.5 Å². The molecule has 0 aromatic rings. The van der Waals surface area contributed by atoms with Gasteiger partial charge in [-0.1, -0.05) is 78.7 Å². The Labute approximate surface area is 353 Å². The van der Waals surface area contributed by atoms with Crippen LogP contribution in [0.3, 0.4) is 0 Å². The summed E-state index contributed by atoms with van der Waals surface area (Å²) in [6, 6.07) is 0. The van der Waals surface area contributed by atoms with E-state index in [1.54, 1.807) is 7.11 Å². The minimum Gasteiger partial charge on any atom is -0.417 e. The number of ketones is 1. The van der Waals surface area contributed by atoms with Crippen molar-refractivity contribution in [1.29, 1.82) is 0 Å². The molecule has 6 atom stereocenters. The summed E-state index contributed by atoms with van der Waals surface area (Å²) in [5.41, 5.74) is 1.78. The molecule has 0 aromatic carbocycles. The lowest BCUT2D eigenvalue weighted by Crippen LogP contribution is -2.46. The molecular weight excluding hydrogens is 772 g/mol. The van der Waals surface area contributed by atoms with E-state index < -0.39 is 29.6 Å². The highest BCUT2D eigenvalue weighted by atomic mass is 31.2. The number of rotatable bonds is 28. The summed E-state index contributed by atoms with van der Waals surface area (Å²) in [6.07, 6.45) is 10.0. The van der Waals surface area contributed by atoms with Crippen LogP contribution in [0.15, 0.2) is 23.3 Å². The molecule has 12 heteroatoms. The van der Waals surface area contributed by atoms with Crippen molar-refractivity contribution in [3.05, 3.63) is 23.3 Å². The molecule has 0 N–H and O–H groups in total. The molecule has 57 heavy (non-hydrogen) atoms. The minimum atomic E-state index is -3.35. The van der Waals surface area contributed by atoms with Gasteiger partial charge in [0.1, 0.15) is 12.6 Å². The van der Waals surface area contributed by atoms with Crippen LogP contribution in [0, 0.1) is 23.2 Å². The fourth-order valence-corrected chi connectivity index (χ4v) is 11.7. The lowest BCUT2D eigenvalue weighted by atomic mass is 9.70. The van der Waals surface area contributed by atoms with Gasteiger partial charge in [0.2, 0.25) is 0 Å². The number of ether oxygens (including phenoxy) is 3. The van der Waals surface area contributed by atoms with E-state index in [9.17, 15) is 9.36 Å². The third-order valence-electron chi connectivity index (χ3n) is 13.4. The minimum absolute atomic E-state index is 0.0205. The molecule has 0 aliphatic heterocycles. The van der Waals surface area contributed by atoms with Crippen molar-refractivity contribution in [2.45, 2.75) is 183 Å². The number of carbonyl (C=O) groups is 1. The highest BCUT2D eigenvalue weighted by Crippen LogP contribution is 2.56. The quantitative estimate of drug-likeness (QED) is 0.0250. The van der Waals surface area contributed by atoms with E-state index in [1.165, 1.54) is 11.1 Å². The van der Waals surface area contributed by atoms with E-state index in [0.29, 0.717) is 51.8 Å². The molecule has 1 saturated carbocycles. The Morgan fingerprint density at radius 3 is 2.00 bits per heavy atom. The first-order valence-electron chi connectivity index (χ1n) is 21.9. The van der Waals surface area contributed by atoms with Gasteiger partial charge in [-0.05, 0) is 127 Å². The van der Waals surface area contributed by atoms with Crippen molar-refractivity contribution in [2.75, 3.05) is 53.5 Å². The van der Waals surface area contributed by atoms with Gasteiger partial charge >= 0.3 is 7.60 Å². The monoisotopic (exact) mass is 861 g/mol. The molecule has 1 aliphatic carbocycles. The molecule has 9 nitrogen and oxygen atoms in total. The summed E-state index contributed by atoms with van der Waals surface area (Å²) >= 11 is 0. The molecule has 0 bridgehead atoms. The lowest BCUT2D eigenvalue weighted by Gasteiger charge is -2.42. The maximum absolute atomic E-state index is 14.0. The first-order chi connectivity index (χ1) is 26.2. The molecule has 336 valence electrons. The Hall–Kier alpha value is -0.466. The maximum atomic E-state index is 14.0. The molecular formula is C45H89O9PSi2. The molecule has 0 amide bonds. The van der Waals surface area contributed by atoms with E-state index in [4.69, 9.17) is 32.1 Å². The second-order valence-corrected chi connectivity index (χ2v) is 32.0. The molecule has 1 fully saturated rings. The zero-order valence-electron chi connectivity index (χ0n) is 40.1. The van der Waals surface area contributed by atoms with Crippen LogP contribution in [-0.2, 0) is 41.5 Å². The molecule has 0 heterocycles. The molecule has 0 aromatic heterocycles. The molecule has 0 radical (unpaired) electrons. The predicted octanol–water partition coefficient (Wildman–Crippen LogP) is 12.8. The van der Waals surface area contributed by atoms with Gasteiger partial charge in [0.25, 0.3) is 0 Å². The number of hydrogen-bond acceptors (Lipinski definition) is 9. The van der Waals surface area contributed by atoms with E-state index in [-0.39, 0.29) is 46.4 Å². The Morgan fingerprint density at radius 1 is 0.877 bits per heavy atom. The van der Waals surface area contributed by atoms with Crippen molar-refractivity contribution < 1.29 is 41.5 Å². The van der Waals surface area contributed by atoms with Crippen LogP contribution in [0.2, 0.25) is 36.3 Å². The zero-order chi connectivity index (χ0) is 43.9. The van der Waals surface area contributed by atoms with Gasteiger partial charge < -0.3 is 32.1 Å². The van der Waals surface area contributed by atoms with E-state index >= 15 is 0 Å². The van der Waals surface area contributed by atoms with Crippen molar-refractivity contribution in [1.82, 2.24) is 0 Å². The van der Waals surface area contributed by atoms with Crippen molar-refractivity contribution >= 4 is 30.0 Å². The highest BCUT2D eigenvalue weighted by Gasteiger charge is 2.52. The first-order valence-corrected chi connectivity index (χ1v) is 29.3. The lowest BCUT2D eigenvalue weighted by molar-refractivity contribution is -0.126. The van der Waals surface area contributed by atoms with Gasteiger partial charge in [-0.3, -0.25) is 9.36 Å².